The molecule has 104 valence electrons. The zero-order valence-electron chi connectivity index (χ0n) is 11.8. The molecule has 20 heavy (non-hydrogen) atoms. The largest absolute Gasteiger partial charge is 0.358 e. The van der Waals surface area contributed by atoms with Crippen LogP contribution in [-0.2, 0) is 0 Å². The van der Waals surface area contributed by atoms with E-state index >= 15 is 0 Å². The summed E-state index contributed by atoms with van der Waals surface area (Å²) in [5.74, 6) is 2.93. The van der Waals surface area contributed by atoms with Crippen LogP contribution >= 0.6 is 0 Å². The van der Waals surface area contributed by atoms with Crippen molar-refractivity contribution in [2.45, 2.75) is 31.1 Å². The van der Waals surface area contributed by atoms with Gasteiger partial charge in [0.15, 0.2) is 0 Å². The maximum Gasteiger partial charge on any atom is 0.110 e. The van der Waals surface area contributed by atoms with Crippen molar-refractivity contribution >= 4 is 16.7 Å². The smallest absolute Gasteiger partial charge is 0.110 e. The van der Waals surface area contributed by atoms with E-state index in [2.05, 4.69) is 33.4 Å². The summed E-state index contributed by atoms with van der Waals surface area (Å²) in [6.45, 7) is 4.80. The maximum atomic E-state index is 3.68. The van der Waals surface area contributed by atoms with Crippen molar-refractivity contribution in [3.63, 3.8) is 0 Å². The van der Waals surface area contributed by atoms with Crippen LogP contribution in [0.25, 0.3) is 10.9 Å². The lowest BCUT2D eigenvalue weighted by atomic mass is 9.83. The Bertz CT molecular complexity index is 658. The van der Waals surface area contributed by atoms with Gasteiger partial charge >= 0.3 is 0 Å². The minimum atomic E-state index is 0.714. The highest BCUT2D eigenvalue weighted by molar-refractivity contribution is 5.91. The molecule has 0 aliphatic carbocycles. The molecule has 0 saturated carbocycles. The second-order valence-electron chi connectivity index (χ2n) is 6.64. The minimum Gasteiger partial charge on any atom is -0.358 e. The van der Waals surface area contributed by atoms with Crippen LogP contribution in [0.1, 0.15) is 42.2 Å². The van der Waals surface area contributed by atoms with Gasteiger partial charge in [-0.25, -0.2) is 0 Å². The van der Waals surface area contributed by atoms with Crippen LogP contribution in [-0.4, -0.2) is 31.2 Å². The number of rotatable bonds is 1. The van der Waals surface area contributed by atoms with E-state index in [1.807, 2.05) is 0 Å². The van der Waals surface area contributed by atoms with E-state index in [-0.39, 0.29) is 0 Å². The van der Waals surface area contributed by atoms with Crippen LogP contribution in [0.15, 0.2) is 18.2 Å². The van der Waals surface area contributed by atoms with Crippen molar-refractivity contribution < 1.29 is 0 Å². The van der Waals surface area contributed by atoms with Crippen LogP contribution in [0.4, 0.5) is 5.82 Å². The molecule has 4 aliphatic heterocycles. The van der Waals surface area contributed by atoms with Gasteiger partial charge in [0.1, 0.15) is 5.82 Å². The van der Waals surface area contributed by atoms with E-state index in [1.165, 1.54) is 61.2 Å². The van der Waals surface area contributed by atoms with E-state index in [4.69, 9.17) is 0 Å². The molecule has 2 aromatic rings. The third kappa shape index (κ3) is 1.44. The first-order chi connectivity index (χ1) is 9.90. The third-order valence-electron chi connectivity index (χ3n) is 5.59. The number of nitrogens with one attached hydrogen (secondary N) is 2. The molecule has 5 heterocycles. The molecular weight excluding hydrogens is 246 g/mol. The molecule has 3 nitrogen and oxygen atoms in total. The van der Waals surface area contributed by atoms with Gasteiger partial charge in [0.2, 0.25) is 0 Å². The van der Waals surface area contributed by atoms with Crippen LogP contribution in [0.3, 0.4) is 0 Å². The Morgan fingerprint density at radius 3 is 2.75 bits per heavy atom. The Balaban J connectivity index is 1.69. The number of hydrogen-bond donors (Lipinski definition) is 2. The normalized spacial score (nSPS) is 25.6. The second-order valence-corrected chi connectivity index (χ2v) is 6.64. The summed E-state index contributed by atoms with van der Waals surface area (Å²) in [5, 5.41) is 4.98. The van der Waals surface area contributed by atoms with Gasteiger partial charge in [-0.1, -0.05) is 6.07 Å². The number of piperidine rings is 1. The molecule has 6 rings (SSSR count). The lowest BCUT2D eigenvalue weighted by Gasteiger charge is -2.40. The van der Waals surface area contributed by atoms with Crippen molar-refractivity contribution in [2.24, 2.45) is 0 Å². The summed E-state index contributed by atoms with van der Waals surface area (Å²) in [5.41, 5.74) is 4.48. The fraction of sp³-hybridized carbons (Fsp3) is 0.529. The predicted molar refractivity (Wildman–Crippen MR) is 82.7 cm³/mol. The molecule has 0 amide bonds. The molecule has 2 bridgehead atoms. The molecule has 1 aromatic heterocycles. The first-order valence-corrected chi connectivity index (χ1v) is 8.01. The number of aromatic amines is 1. The average molecular weight is 267 g/mol. The average Bonchev–Trinajstić information content (AvgIpc) is 3.16. The molecule has 2 saturated heterocycles. The zero-order chi connectivity index (χ0) is 13.1. The van der Waals surface area contributed by atoms with Crippen molar-refractivity contribution in [3.05, 3.63) is 29.3 Å². The van der Waals surface area contributed by atoms with Gasteiger partial charge in [0.05, 0.1) is 0 Å². The number of aromatic nitrogens is 1. The summed E-state index contributed by atoms with van der Waals surface area (Å²) in [7, 11) is 0. The summed E-state index contributed by atoms with van der Waals surface area (Å²) >= 11 is 0. The van der Waals surface area contributed by atoms with Crippen LogP contribution in [0, 0.1) is 0 Å². The highest BCUT2D eigenvalue weighted by Gasteiger charge is 2.34. The lowest BCUT2D eigenvalue weighted by Crippen LogP contribution is -2.38. The van der Waals surface area contributed by atoms with Crippen molar-refractivity contribution in [3.8, 4) is 0 Å². The highest BCUT2D eigenvalue weighted by Crippen LogP contribution is 2.46. The third-order valence-corrected chi connectivity index (χ3v) is 5.59. The van der Waals surface area contributed by atoms with Crippen LogP contribution in [0.5, 0.6) is 0 Å². The monoisotopic (exact) mass is 267 g/mol. The highest BCUT2D eigenvalue weighted by atomic mass is 15.2. The first-order valence-electron chi connectivity index (χ1n) is 8.01. The Kier molecular flexibility index (Phi) is 2.25. The Morgan fingerprint density at radius 1 is 1.05 bits per heavy atom. The molecule has 2 N–H and O–H groups in total. The topological polar surface area (TPSA) is 31.1 Å². The Morgan fingerprint density at radius 2 is 1.95 bits per heavy atom. The second kappa shape index (κ2) is 4.01. The molecule has 2 fully saturated rings. The van der Waals surface area contributed by atoms with E-state index in [0.29, 0.717) is 5.92 Å². The maximum absolute atomic E-state index is 3.68. The summed E-state index contributed by atoms with van der Waals surface area (Å²) in [6.07, 6.45) is 3.97. The number of H-pyrrole nitrogens is 1. The Labute approximate surface area is 119 Å². The van der Waals surface area contributed by atoms with Gasteiger partial charge in [0, 0.05) is 36.1 Å². The molecule has 1 unspecified atom stereocenters. The van der Waals surface area contributed by atoms with E-state index in [0.717, 1.165) is 12.5 Å². The number of benzene rings is 1. The molecular formula is C17H21N3. The Hall–Kier alpha value is -1.48. The predicted octanol–water partition coefficient (Wildman–Crippen LogP) is 2.94. The number of nitrogens with zero attached hydrogens (tertiary/aromatic N) is 1. The molecule has 3 heteroatoms. The number of hydrogen-bond acceptors (Lipinski definition) is 2. The fourth-order valence-corrected chi connectivity index (χ4v) is 4.46. The lowest BCUT2D eigenvalue weighted by molar-refractivity contribution is 0.475. The van der Waals surface area contributed by atoms with Gasteiger partial charge in [-0.15, -0.1) is 0 Å². The van der Waals surface area contributed by atoms with Gasteiger partial charge in [-0.05, 0) is 55.3 Å². The molecule has 0 radical (unpaired) electrons. The zero-order valence-corrected chi connectivity index (χ0v) is 11.8. The van der Waals surface area contributed by atoms with Crippen molar-refractivity contribution in [2.75, 3.05) is 31.1 Å². The molecule has 1 atom stereocenters. The van der Waals surface area contributed by atoms with Crippen LogP contribution in [0.2, 0.25) is 0 Å². The first kappa shape index (κ1) is 11.2. The van der Waals surface area contributed by atoms with Gasteiger partial charge < -0.3 is 15.2 Å². The summed E-state index contributed by atoms with van der Waals surface area (Å²) < 4.78 is 0. The van der Waals surface area contributed by atoms with E-state index in [1.54, 1.807) is 5.56 Å². The molecule has 1 aromatic carbocycles. The SMILES string of the molecule is c1cc2[nH]c3c(c2cc1C1CCNC1)C1CCN3CC1. The van der Waals surface area contributed by atoms with Gasteiger partial charge in [-0.3, -0.25) is 0 Å². The fourth-order valence-electron chi connectivity index (χ4n) is 4.46. The van der Waals surface area contributed by atoms with Gasteiger partial charge in [0.25, 0.3) is 0 Å². The number of anilines is 1. The van der Waals surface area contributed by atoms with E-state index < -0.39 is 0 Å². The number of fused-ring (bicyclic) bond motifs is 3. The van der Waals surface area contributed by atoms with Gasteiger partial charge in [-0.2, -0.15) is 0 Å². The van der Waals surface area contributed by atoms with Crippen LogP contribution < -0.4 is 10.2 Å². The quantitative estimate of drug-likeness (QED) is 0.832. The standard InChI is InChI=1S/C17H21N3/c1-2-15-14(9-12(1)13-3-6-18-10-13)16-11-4-7-20(8-5-11)17(16)19-15/h1-2,9,11,13,18-19H,3-8,10H2. The summed E-state index contributed by atoms with van der Waals surface area (Å²) in [4.78, 5) is 6.22. The molecule has 4 aliphatic rings. The summed E-state index contributed by atoms with van der Waals surface area (Å²) in [6, 6.07) is 7.12. The van der Waals surface area contributed by atoms with Crippen molar-refractivity contribution in [1.29, 1.82) is 0 Å². The minimum absolute atomic E-state index is 0.714. The van der Waals surface area contributed by atoms with E-state index in [9.17, 15) is 0 Å². The van der Waals surface area contributed by atoms with Crippen molar-refractivity contribution in [1.82, 2.24) is 10.3 Å². The molecule has 0 spiro atoms.